The van der Waals surface area contributed by atoms with Gasteiger partial charge in [-0.05, 0) is 36.2 Å². The number of aromatic hydroxyl groups is 1. The van der Waals surface area contributed by atoms with Crippen LogP contribution in [0.2, 0.25) is 0 Å². The van der Waals surface area contributed by atoms with Crippen molar-refractivity contribution in [3.8, 4) is 5.75 Å². The highest BCUT2D eigenvalue weighted by Gasteiger charge is 2.53. The van der Waals surface area contributed by atoms with Crippen LogP contribution in [0.5, 0.6) is 5.75 Å². The Bertz CT molecular complexity index is 877. The molecule has 0 saturated carbocycles. The molecule has 3 rings (SSSR count). The zero-order valence-electron chi connectivity index (χ0n) is 14.4. The highest BCUT2D eigenvalue weighted by molar-refractivity contribution is 5.99. The number of carbonyl (C=O) groups excluding carboxylic acids is 1. The molecule has 0 aliphatic carbocycles. The number of alkyl halides is 3. The van der Waals surface area contributed by atoms with E-state index in [-0.39, 0.29) is 16.9 Å². The molecule has 2 aromatic carbocycles. The van der Waals surface area contributed by atoms with Gasteiger partial charge in [-0.25, -0.2) is 0 Å². The second kappa shape index (κ2) is 6.70. The number of carbonyl (C=O) groups is 1. The van der Waals surface area contributed by atoms with Gasteiger partial charge in [0.15, 0.2) is 5.72 Å². The molecule has 0 saturated heterocycles. The minimum atomic E-state index is -4.78. The van der Waals surface area contributed by atoms with E-state index < -0.39 is 29.9 Å². The zero-order chi connectivity index (χ0) is 19.8. The van der Waals surface area contributed by atoms with Crippen molar-refractivity contribution in [1.82, 2.24) is 5.01 Å². The number of halogens is 3. The van der Waals surface area contributed by atoms with Crippen molar-refractivity contribution >= 4 is 11.6 Å². The number of nitrogens with zero attached hydrogens (tertiary/aromatic N) is 2. The van der Waals surface area contributed by atoms with E-state index >= 15 is 0 Å². The van der Waals surface area contributed by atoms with Crippen LogP contribution in [0.25, 0.3) is 0 Å². The summed E-state index contributed by atoms with van der Waals surface area (Å²) < 4.78 is 39.7. The molecule has 8 heteroatoms. The van der Waals surface area contributed by atoms with E-state index in [0.717, 1.165) is 12.0 Å². The molecular formula is C19H17F3N2O3. The number of rotatable bonds is 3. The van der Waals surface area contributed by atoms with Gasteiger partial charge in [0, 0.05) is 11.1 Å². The van der Waals surface area contributed by atoms with E-state index in [9.17, 15) is 28.2 Å². The molecule has 2 aromatic rings. The fourth-order valence-corrected chi connectivity index (χ4v) is 2.88. The van der Waals surface area contributed by atoms with Gasteiger partial charge >= 0.3 is 6.18 Å². The highest BCUT2D eigenvalue weighted by atomic mass is 19.4. The van der Waals surface area contributed by atoms with Crippen LogP contribution in [0.4, 0.5) is 13.2 Å². The first-order chi connectivity index (χ1) is 12.6. The van der Waals surface area contributed by atoms with Crippen molar-refractivity contribution in [2.75, 3.05) is 0 Å². The lowest BCUT2D eigenvalue weighted by molar-refractivity contribution is -0.0816. The van der Waals surface area contributed by atoms with Crippen molar-refractivity contribution in [3.63, 3.8) is 0 Å². The van der Waals surface area contributed by atoms with Crippen LogP contribution >= 0.6 is 0 Å². The van der Waals surface area contributed by atoms with Gasteiger partial charge in [-0.15, -0.1) is 0 Å². The van der Waals surface area contributed by atoms with Crippen molar-refractivity contribution in [1.29, 1.82) is 0 Å². The fourth-order valence-electron chi connectivity index (χ4n) is 2.88. The summed E-state index contributed by atoms with van der Waals surface area (Å²) in [6, 6.07) is 11.3. The van der Waals surface area contributed by atoms with Crippen LogP contribution in [0.1, 0.15) is 34.8 Å². The summed E-state index contributed by atoms with van der Waals surface area (Å²) in [4.78, 5) is 12.8. The summed E-state index contributed by atoms with van der Waals surface area (Å²) in [5, 5.41) is 24.2. The first kappa shape index (κ1) is 18.9. The summed E-state index contributed by atoms with van der Waals surface area (Å²) in [5.74, 6) is -1.01. The van der Waals surface area contributed by atoms with E-state index in [4.69, 9.17) is 0 Å². The number of hydrogen-bond donors (Lipinski definition) is 2. The summed E-state index contributed by atoms with van der Waals surface area (Å²) in [6.07, 6.45) is -4.92. The number of amides is 1. The third-order valence-corrected chi connectivity index (χ3v) is 4.44. The quantitative estimate of drug-likeness (QED) is 0.858. The Morgan fingerprint density at radius 2 is 1.74 bits per heavy atom. The molecule has 142 valence electrons. The molecule has 0 radical (unpaired) electrons. The molecule has 1 aliphatic rings. The van der Waals surface area contributed by atoms with Crippen molar-refractivity contribution < 1.29 is 28.2 Å². The van der Waals surface area contributed by atoms with Gasteiger partial charge in [-0.1, -0.05) is 31.2 Å². The Balaban J connectivity index is 2.05. The van der Waals surface area contributed by atoms with E-state index in [1.807, 2.05) is 6.92 Å². The van der Waals surface area contributed by atoms with Gasteiger partial charge in [0.2, 0.25) is 0 Å². The molecule has 1 aliphatic heterocycles. The molecule has 2 N–H and O–H groups in total. The maximum absolute atomic E-state index is 13.2. The molecule has 0 spiro atoms. The zero-order valence-corrected chi connectivity index (χ0v) is 14.4. The van der Waals surface area contributed by atoms with Crippen molar-refractivity contribution in [3.05, 3.63) is 65.2 Å². The fraction of sp³-hybridized carbons (Fsp3) is 0.263. The Kier molecular flexibility index (Phi) is 4.69. The topological polar surface area (TPSA) is 73.1 Å². The monoisotopic (exact) mass is 378 g/mol. The molecule has 0 aromatic heterocycles. The average molecular weight is 378 g/mol. The number of hydrazone groups is 1. The number of phenols is 1. The largest absolute Gasteiger partial charge is 0.508 e. The minimum Gasteiger partial charge on any atom is -0.508 e. The van der Waals surface area contributed by atoms with Crippen molar-refractivity contribution in [2.45, 2.75) is 31.7 Å². The normalized spacial score (nSPS) is 19.9. The number of benzene rings is 2. The van der Waals surface area contributed by atoms with Gasteiger partial charge in [-0.2, -0.15) is 23.3 Å². The molecule has 0 bridgehead atoms. The lowest BCUT2D eigenvalue weighted by atomic mass is 9.95. The molecule has 0 unspecified atom stereocenters. The summed E-state index contributed by atoms with van der Waals surface area (Å²) in [7, 11) is 0. The second-order valence-corrected chi connectivity index (χ2v) is 6.25. The summed E-state index contributed by atoms with van der Waals surface area (Å²) >= 11 is 0. The van der Waals surface area contributed by atoms with Gasteiger partial charge in [0.05, 0.1) is 6.42 Å². The molecular weight excluding hydrogens is 361 g/mol. The van der Waals surface area contributed by atoms with Gasteiger partial charge < -0.3 is 10.2 Å². The third kappa shape index (κ3) is 3.52. The highest BCUT2D eigenvalue weighted by Crippen LogP contribution is 2.40. The smallest absolute Gasteiger partial charge is 0.431 e. The van der Waals surface area contributed by atoms with E-state index in [1.54, 1.807) is 12.1 Å². The number of phenolic OH excluding ortho intramolecular Hbond substituents is 1. The average Bonchev–Trinajstić information content (AvgIpc) is 3.01. The molecule has 1 atom stereocenters. The Labute approximate surface area is 153 Å². The number of hydrogen-bond acceptors (Lipinski definition) is 4. The van der Waals surface area contributed by atoms with Gasteiger partial charge in [0.1, 0.15) is 11.5 Å². The Morgan fingerprint density at radius 3 is 2.26 bits per heavy atom. The van der Waals surface area contributed by atoms with Gasteiger partial charge in [-0.3, -0.25) is 4.79 Å². The van der Waals surface area contributed by atoms with Crippen LogP contribution in [-0.2, 0) is 12.1 Å². The number of aryl methyl sites for hydroxylation is 1. The van der Waals surface area contributed by atoms with Crippen LogP contribution in [0.15, 0.2) is 53.6 Å². The van der Waals surface area contributed by atoms with Gasteiger partial charge in [0.25, 0.3) is 5.91 Å². The van der Waals surface area contributed by atoms with Crippen LogP contribution in [-0.4, -0.2) is 33.0 Å². The summed E-state index contributed by atoms with van der Waals surface area (Å²) in [6.45, 7) is 1.92. The van der Waals surface area contributed by atoms with E-state index in [2.05, 4.69) is 5.10 Å². The molecule has 1 heterocycles. The third-order valence-electron chi connectivity index (χ3n) is 4.44. The molecule has 0 fully saturated rings. The van der Waals surface area contributed by atoms with E-state index in [0.29, 0.717) is 5.01 Å². The standard InChI is InChI=1S/C19H17F3N2O3/c1-2-12-3-7-14(8-4-12)18(27)11-16(19(20,21)22)23-24(18)17(26)13-5-9-15(25)10-6-13/h3-10,25,27H,2,11H2,1H3/t18-/m1/s1. The SMILES string of the molecule is CCc1ccc([C@]2(O)CC(C(F)(F)F)=NN2C(=O)c2ccc(O)cc2)cc1. The lowest BCUT2D eigenvalue weighted by Crippen LogP contribution is -2.43. The summed E-state index contributed by atoms with van der Waals surface area (Å²) in [5.41, 5.74) is -2.43. The molecule has 5 nitrogen and oxygen atoms in total. The first-order valence-electron chi connectivity index (χ1n) is 8.25. The first-order valence-corrected chi connectivity index (χ1v) is 8.25. The van der Waals surface area contributed by atoms with E-state index in [1.165, 1.54) is 36.4 Å². The van der Waals surface area contributed by atoms with Crippen LogP contribution in [0.3, 0.4) is 0 Å². The Morgan fingerprint density at radius 1 is 1.15 bits per heavy atom. The number of aliphatic hydroxyl groups is 1. The predicted octanol–water partition coefficient (Wildman–Crippen LogP) is 3.56. The maximum atomic E-state index is 13.2. The minimum absolute atomic E-state index is 0.0106. The van der Waals surface area contributed by atoms with Crippen molar-refractivity contribution in [2.24, 2.45) is 5.10 Å². The predicted molar refractivity (Wildman–Crippen MR) is 92.1 cm³/mol. The molecule has 27 heavy (non-hydrogen) atoms. The Hall–Kier alpha value is -2.87. The van der Waals surface area contributed by atoms with Crippen LogP contribution in [0, 0.1) is 0 Å². The van der Waals surface area contributed by atoms with Crippen LogP contribution < -0.4 is 0 Å². The second-order valence-electron chi connectivity index (χ2n) is 6.25. The molecule has 1 amide bonds. The maximum Gasteiger partial charge on any atom is 0.431 e. The lowest BCUT2D eigenvalue weighted by Gasteiger charge is -2.31.